The quantitative estimate of drug-likeness (QED) is 0.666. The summed E-state index contributed by atoms with van der Waals surface area (Å²) < 4.78 is 30.4. The van der Waals surface area contributed by atoms with Crippen molar-refractivity contribution < 1.29 is 18.4 Å². The van der Waals surface area contributed by atoms with E-state index in [9.17, 15) is 9.59 Å². The normalized spacial score (nSPS) is 18.3. The van der Waals surface area contributed by atoms with E-state index in [1.165, 1.54) is 17.0 Å². The van der Waals surface area contributed by atoms with Gasteiger partial charge in [0.15, 0.2) is 0 Å². The fraction of sp³-hybridized carbons (Fsp3) is 0.231. The molecule has 0 aromatic heterocycles. The minimum atomic E-state index is -0.698. The SMILES string of the molecule is CN1CC2(C1)C(=O)N(Cc1c(F)cc(-c3ccc4c(c3)CC(=O)N4)cc1F)c1ccccc12. The van der Waals surface area contributed by atoms with Crippen LogP contribution in [0.1, 0.15) is 16.7 Å². The summed E-state index contributed by atoms with van der Waals surface area (Å²) in [6, 6.07) is 15.3. The number of likely N-dealkylation sites (tertiary alicyclic amines) is 1. The van der Waals surface area contributed by atoms with E-state index < -0.39 is 17.0 Å². The van der Waals surface area contributed by atoms with Crippen molar-refractivity contribution in [1.29, 1.82) is 0 Å². The molecule has 7 heteroatoms. The number of rotatable bonds is 3. The number of carbonyl (C=O) groups excluding carboxylic acids is 2. The van der Waals surface area contributed by atoms with Crippen molar-refractivity contribution in [2.45, 2.75) is 18.4 Å². The number of halogens is 2. The molecule has 0 aliphatic carbocycles. The largest absolute Gasteiger partial charge is 0.326 e. The zero-order chi connectivity index (χ0) is 22.9. The van der Waals surface area contributed by atoms with Gasteiger partial charge >= 0.3 is 0 Å². The summed E-state index contributed by atoms with van der Waals surface area (Å²) in [6.07, 6.45) is 0.250. The Morgan fingerprint density at radius 3 is 2.42 bits per heavy atom. The van der Waals surface area contributed by atoms with Crippen LogP contribution in [0.5, 0.6) is 0 Å². The minimum Gasteiger partial charge on any atom is -0.326 e. The smallest absolute Gasteiger partial charge is 0.240 e. The Morgan fingerprint density at radius 2 is 1.70 bits per heavy atom. The highest BCUT2D eigenvalue weighted by atomic mass is 19.1. The summed E-state index contributed by atoms with van der Waals surface area (Å²) in [7, 11) is 1.95. The van der Waals surface area contributed by atoms with Gasteiger partial charge in [-0.15, -0.1) is 0 Å². The van der Waals surface area contributed by atoms with Gasteiger partial charge in [-0.2, -0.15) is 0 Å². The fourth-order valence-electron chi connectivity index (χ4n) is 5.42. The van der Waals surface area contributed by atoms with Crippen LogP contribution in [0.3, 0.4) is 0 Å². The van der Waals surface area contributed by atoms with Crippen molar-refractivity contribution in [3.63, 3.8) is 0 Å². The number of benzene rings is 3. The molecule has 2 amide bonds. The van der Waals surface area contributed by atoms with E-state index in [1.807, 2.05) is 31.3 Å². The average molecular weight is 445 g/mol. The van der Waals surface area contributed by atoms with Crippen LogP contribution in [0.15, 0.2) is 54.6 Å². The molecule has 3 aromatic rings. The van der Waals surface area contributed by atoms with Crippen molar-refractivity contribution in [2.75, 3.05) is 30.4 Å². The Kier molecular flexibility index (Phi) is 4.23. The summed E-state index contributed by atoms with van der Waals surface area (Å²) in [4.78, 5) is 28.6. The first kappa shape index (κ1) is 20.1. The second-order valence-electron chi connectivity index (χ2n) is 9.18. The molecule has 3 aromatic carbocycles. The molecule has 6 rings (SSSR count). The number of carbonyl (C=O) groups is 2. The molecule has 0 bridgehead atoms. The van der Waals surface area contributed by atoms with Crippen LogP contribution in [0.4, 0.5) is 20.2 Å². The maximum absolute atomic E-state index is 15.2. The van der Waals surface area contributed by atoms with Crippen molar-refractivity contribution in [1.82, 2.24) is 4.90 Å². The number of hydrogen-bond acceptors (Lipinski definition) is 3. The van der Waals surface area contributed by atoms with Crippen LogP contribution >= 0.6 is 0 Å². The zero-order valence-corrected chi connectivity index (χ0v) is 18.0. The second-order valence-corrected chi connectivity index (χ2v) is 9.18. The summed E-state index contributed by atoms with van der Waals surface area (Å²) in [6.45, 7) is 1.03. The molecule has 1 N–H and O–H groups in total. The molecule has 166 valence electrons. The molecule has 1 spiro atoms. The average Bonchev–Trinajstić information content (AvgIpc) is 3.25. The molecular formula is C26H21F2N3O2. The summed E-state index contributed by atoms with van der Waals surface area (Å²) in [5, 5.41) is 2.75. The molecule has 0 saturated carbocycles. The minimum absolute atomic E-state index is 0.0964. The van der Waals surface area contributed by atoms with Gasteiger partial charge in [-0.1, -0.05) is 24.3 Å². The molecule has 33 heavy (non-hydrogen) atoms. The Labute approximate surface area is 189 Å². The lowest BCUT2D eigenvalue weighted by molar-refractivity contribution is -0.128. The number of hydrogen-bond donors (Lipinski definition) is 1. The van der Waals surface area contributed by atoms with E-state index in [-0.39, 0.29) is 30.3 Å². The third-order valence-electron chi connectivity index (χ3n) is 6.97. The van der Waals surface area contributed by atoms with E-state index in [2.05, 4.69) is 10.2 Å². The number of nitrogens with one attached hydrogen (secondary N) is 1. The highest BCUT2D eigenvalue weighted by Gasteiger charge is 2.56. The summed E-state index contributed by atoms with van der Waals surface area (Å²) >= 11 is 0. The predicted molar refractivity (Wildman–Crippen MR) is 121 cm³/mol. The van der Waals surface area contributed by atoms with Crippen molar-refractivity contribution in [2.24, 2.45) is 0 Å². The summed E-state index contributed by atoms with van der Waals surface area (Å²) in [5.41, 5.74) is 3.43. The molecule has 0 atom stereocenters. The van der Waals surface area contributed by atoms with Gasteiger partial charge in [-0.25, -0.2) is 8.78 Å². The molecule has 0 unspecified atom stereocenters. The monoisotopic (exact) mass is 445 g/mol. The first-order valence-corrected chi connectivity index (χ1v) is 10.9. The number of likely N-dealkylation sites (N-methyl/N-ethyl adjacent to an activating group) is 1. The van der Waals surface area contributed by atoms with Gasteiger partial charge in [0.05, 0.1) is 13.0 Å². The van der Waals surface area contributed by atoms with Gasteiger partial charge in [0.1, 0.15) is 17.0 Å². The molecule has 3 aliphatic rings. The Bertz CT molecular complexity index is 1320. The molecule has 3 heterocycles. The maximum atomic E-state index is 15.2. The lowest BCUT2D eigenvalue weighted by Crippen LogP contribution is -2.62. The third kappa shape index (κ3) is 2.92. The highest BCUT2D eigenvalue weighted by Crippen LogP contribution is 2.47. The standard InChI is InChI=1S/C26H21F2N3O2/c1-30-13-26(14-30)19-4-2-3-5-23(19)31(25(26)33)12-18-20(27)9-16(10-21(18)28)15-6-7-22-17(8-15)11-24(32)29-22/h2-10H,11-14H2,1H3,(H,29,32). The van der Waals surface area contributed by atoms with Crippen LogP contribution in [-0.4, -0.2) is 36.9 Å². The van der Waals surface area contributed by atoms with Gasteiger partial charge in [0, 0.05) is 30.0 Å². The number of nitrogens with zero attached hydrogens (tertiary/aromatic N) is 2. The van der Waals surface area contributed by atoms with Crippen LogP contribution in [-0.2, 0) is 28.0 Å². The maximum Gasteiger partial charge on any atom is 0.240 e. The van der Waals surface area contributed by atoms with Gasteiger partial charge in [-0.3, -0.25) is 9.59 Å². The molecular weight excluding hydrogens is 424 g/mol. The Hall–Kier alpha value is -3.58. The van der Waals surface area contributed by atoms with Gasteiger partial charge in [-0.05, 0) is 59.6 Å². The summed E-state index contributed by atoms with van der Waals surface area (Å²) in [5.74, 6) is -1.60. The topological polar surface area (TPSA) is 52.7 Å². The molecule has 0 radical (unpaired) electrons. The van der Waals surface area contributed by atoms with Crippen LogP contribution < -0.4 is 10.2 Å². The van der Waals surface area contributed by atoms with E-state index in [0.717, 1.165) is 16.8 Å². The van der Waals surface area contributed by atoms with E-state index in [0.29, 0.717) is 29.9 Å². The van der Waals surface area contributed by atoms with Gasteiger partial charge < -0.3 is 15.1 Å². The molecule has 1 fully saturated rings. The molecule has 1 saturated heterocycles. The lowest BCUT2D eigenvalue weighted by Gasteiger charge is -2.44. The van der Waals surface area contributed by atoms with Gasteiger partial charge in [0.2, 0.25) is 11.8 Å². The predicted octanol–water partition coefficient (Wildman–Crippen LogP) is 3.86. The van der Waals surface area contributed by atoms with Crippen molar-refractivity contribution >= 4 is 23.2 Å². The van der Waals surface area contributed by atoms with Crippen LogP contribution in [0, 0.1) is 11.6 Å². The zero-order valence-electron chi connectivity index (χ0n) is 18.0. The Balaban J connectivity index is 1.34. The highest BCUT2D eigenvalue weighted by molar-refractivity contribution is 6.09. The molecule has 5 nitrogen and oxygen atoms in total. The first-order chi connectivity index (χ1) is 15.9. The fourth-order valence-corrected chi connectivity index (χ4v) is 5.42. The second kappa shape index (κ2) is 6.96. The van der Waals surface area contributed by atoms with E-state index >= 15 is 8.78 Å². The van der Waals surface area contributed by atoms with Crippen LogP contribution in [0.2, 0.25) is 0 Å². The number of anilines is 2. The Morgan fingerprint density at radius 1 is 0.970 bits per heavy atom. The first-order valence-electron chi connectivity index (χ1n) is 10.9. The molecule has 3 aliphatic heterocycles. The van der Waals surface area contributed by atoms with Crippen LogP contribution in [0.25, 0.3) is 11.1 Å². The number of amides is 2. The third-order valence-corrected chi connectivity index (χ3v) is 6.97. The van der Waals surface area contributed by atoms with E-state index in [1.54, 1.807) is 18.2 Å². The lowest BCUT2D eigenvalue weighted by atomic mass is 9.75. The number of fused-ring (bicyclic) bond motifs is 3. The van der Waals surface area contributed by atoms with Crippen molar-refractivity contribution in [3.05, 3.63) is 82.9 Å². The van der Waals surface area contributed by atoms with Crippen molar-refractivity contribution in [3.8, 4) is 11.1 Å². The van der Waals surface area contributed by atoms with E-state index in [4.69, 9.17) is 0 Å². The van der Waals surface area contributed by atoms with Gasteiger partial charge in [0.25, 0.3) is 0 Å². The number of para-hydroxylation sites is 1.